The normalized spacial score (nSPS) is 11.5. The molecule has 2 aromatic heterocycles. The Morgan fingerprint density at radius 1 is 1.08 bits per heavy atom. The van der Waals surface area contributed by atoms with Gasteiger partial charge in [-0.15, -0.1) is 11.8 Å². The Hall–Kier alpha value is -2.81. The molecule has 0 aliphatic rings. The van der Waals surface area contributed by atoms with Gasteiger partial charge in [-0.25, -0.2) is 4.98 Å². The molecule has 1 amide bonds. The first-order valence-electron chi connectivity index (χ1n) is 7.35. The number of aromatic nitrogens is 2. The lowest BCUT2D eigenvalue weighted by molar-refractivity contribution is -0.167. The number of carbonyl (C=O) groups is 2. The van der Waals surface area contributed by atoms with Crippen molar-refractivity contribution in [2.75, 3.05) is 11.6 Å². The van der Waals surface area contributed by atoms with Gasteiger partial charge in [-0.3, -0.25) is 14.0 Å². The number of pyridine rings is 1. The molecule has 0 fully saturated rings. The van der Waals surface area contributed by atoms with Gasteiger partial charge in [0.15, 0.2) is 11.6 Å². The second-order valence-corrected chi connectivity index (χ2v) is 6.06. The Labute approximate surface area is 150 Å². The van der Waals surface area contributed by atoms with Crippen molar-refractivity contribution in [3.8, 4) is 0 Å². The minimum Gasteiger partial charge on any atom is -0.301 e. The Bertz CT molecular complexity index is 984. The highest BCUT2D eigenvalue weighted by Crippen LogP contribution is 2.29. The Balaban J connectivity index is 2.02. The van der Waals surface area contributed by atoms with E-state index in [1.807, 2.05) is 0 Å². The van der Waals surface area contributed by atoms with Gasteiger partial charge in [0.25, 0.3) is 0 Å². The summed E-state index contributed by atoms with van der Waals surface area (Å²) in [4.78, 5) is 27.7. The van der Waals surface area contributed by atoms with E-state index in [0.717, 1.165) is 11.8 Å². The summed E-state index contributed by atoms with van der Waals surface area (Å²) in [5.74, 6) is -2.53. The maximum absolute atomic E-state index is 12.5. The molecule has 2 heterocycles. The van der Waals surface area contributed by atoms with Crippen LogP contribution in [0.5, 0.6) is 0 Å². The maximum Gasteiger partial charge on any atom is 0.471 e. The van der Waals surface area contributed by atoms with Gasteiger partial charge in [-0.05, 0) is 18.4 Å². The molecule has 3 aromatic rings. The molecule has 0 aliphatic heterocycles. The number of thioether (sulfide) groups is 1. The lowest BCUT2D eigenvalue weighted by Crippen LogP contribution is -2.30. The third kappa shape index (κ3) is 3.43. The van der Waals surface area contributed by atoms with Gasteiger partial charge in [-0.2, -0.15) is 13.2 Å². The molecule has 5 nitrogen and oxygen atoms in total. The van der Waals surface area contributed by atoms with Gasteiger partial charge in [0.1, 0.15) is 10.7 Å². The summed E-state index contributed by atoms with van der Waals surface area (Å²) in [6.07, 6.45) is -1.88. The number of fused-ring (bicyclic) bond motifs is 1. The molecule has 1 aromatic carbocycles. The van der Waals surface area contributed by atoms with Crippen molar-refractivity contribution in [2.24, 2.45) is 0 Å². The van der Waals surface area contributed by atoms with E-state index in [0.29, 0.717) is 21.8 Å². The number of hydrogen-bond acceptors (Lipinski definition) is 4. The van der Waals surface area contributed by atoms with E-state index in [1.165, 1.54) is 22.7 Å². The number of alkyl halides is 3. The molecule has 1 N–H and O–H groups in total. The molecule has 0 bridgehead atoms. The van der Waals surface area contributed by atoms with E-state index in [4.69, 9.17) is 0 Å². The van der Waals surface area contributed by atoms with Crippen molar-refractivity contribution < 1.29 is 22.8 Å². The highest BCUT2D eigenvalue weighted by molar-refractivity contribution is 7.98. The zero-order valence-electron chi connectivity index (χ0n) is 13.4. The van der Waals surface area contributed by atoms with Crippen LogP contribution in [0.3, 0.4) is 0 Å². The summed E-state index contributed by atoms with van der Waals surface area (Å²) in [5.41, 5.74) is 1.16. The van der Waals surface area contributed by atoms with Gasteiger partial charge in [0, 0.05) is 17.3 Å². The largest absolute Gasteiger partial charge is 0.471 e. The number of ketones is 1. The minimum atomic E-state index is -5.01. The van der Waals surface area contributed by atoms with Crippen LogP contribution < -0.4 is 5.32 Å². The van der Waals surface area contributed by atoms with Crippen LogP contribution in [0.15, 0.2) is 53.7 Å². The molecule has 0 saturated heterocycles. The first-order valence-corrected chi connectivity index (χ1v) is 8.57. The summed E-state index contributed by atoms with van der Waals surface area (Å²) in [5, 5.41) is 2.06. The molecule has 0 aliphatic carbocycles. The zero-order valence-corrected chi connectivity index (χ0v) is 14.2. The Morgan fingerprint density at radius 3 is 2.38 bits per heavy atom. The molecule has 0 atom stereocenters. The SMILES string of the molecule is CSc1c(NC(=O)C(F)(F)F)nc2ccc(C(=O)c3ccccc3)cn12. The molecule has 26 heavy (non-hydrogen) atoms. The van der Waals surface area contributed by atoms with E-state index >= 15 is 0 Å². The summed E-state index contributed by atoms with van der Waals surface area (Å²) in [6, 6.07) is 11.7. The molecular weight excluding hydrogens is 367 g/mol. The third-order valence-electron chi connectivity index (χ3n) is 3.56. The smallest absolute Gasteiger partial charge is 0.301 e. The summed E-state index contributed by atoms with van der Waals surface area (Å²) in [6.45, 7) is 0. The van der Waals surface area contributed by atoms with E-state index in [9.17, 15) is 22.8 Å². The lowest BCUT2D eigenvalue weighted by Gasteiger charge is -2.07. The van der Waals surface area contributed by atoms with Crippen LogP contribution >= 0.6 is 11.8 Å². The summed E-state index contributed by atoms with van der Waals surface area (Å²) < 4.78 is 38.9. The van der Waals surface area contributed by atoms with Gasteiger partial charge in [-0.1, -0.05) is 30.3 Å². The fourth-order valence-electron chi connectivity index (χ4n) is 2.37. The molecule has 9 heteroatoms. The summed E-state index contributed by atoms with van der Waals surface area (Å²) >= 11 is 1.11. The minimum absolute atomic E-state index is 0.205. The first kappa shape index (κ1) is 18.0. The van der Waals surface area contributed by atoms with E-state index in [1.54, 1.807) is 41.9 Å². The molecule has 0 spiro atoms. The standard InChI is InChI=1S/C17H12F3N3O2S/c1-26-15-14(22-16(25)17(18,19)20)21-12-8-7-11(9-23(12)15)13(24)10-5-3-2-4-6-10/h2-9H,1H3,(H,22,25). The molecule has 0 unspecified atom stereocenters. The van der Waals surface area contributed by atoms with Crippen molar-refractivity contribution in [3.05, 3.63) is 59.8 Å². The molecule has 3 rings (SSSR count). The van der Waals surface area contributed by atoms with Crippen molar-refractivity contribution in [3.63, 3.8) is 0 Å². The number of rotatable bonds is 4. The second-order valence-electron chi connectivity index (χ2n) is 5.26. The number of carbonyl (C=O) groups excluding carboxylic acids is 2. The summed E-state index contributed by atoms with van der Waals surface area (Å²) in [7, 11) is 0. The lowest BCUT2D eigenvalue weighted by atomic mass is 10.1. The van der Waals surface area contributed by atoms with E-state index in [-0.39, 0.29) is 11.6 Å². The van der Waals surface area contributed by atoms with Gasteiger partial charge >= 0.3 is 12.1 Å². The Kier molecular flexibility index (Phi) is 4.73. The van der Waals surface area contributed by atoms with Crippen LogP contribution in [0.2, 0.25) is 0 Å². The van der Waals surface area contributed by atoms with Crippen LogP contribution in [0, 0.1) is 0 Å². The highest BCUT2D eigenvalue weighted by Gasteiger charge is 2.39. The van der Waals surface area contributed by atoms with Gasteiger partial charge in [0.05, 0.1) is 0 Å². The van der Waals surface area contributed by atoms with Crippen LogP contribution in [0.25, 0.3) is 5.65 Å². The average molecular weight is 379 g/mol. The predicted octanol–water partition coefficient (Wildman–Crippen LogP) is 3.79. The fraction of sp³-hybridized carbons (Fsp3) is 0.118. The number of benzene rings is 1. The molecule has 0 saturated carbocycles. The number of halogens is 3. The topological polar surface area (TPSA) is 63.5 Å². The van der Waals surface area contributed by atoms with Crippen molar-refractivity contribution in [1.29, 1.82) is 0 Å². The van der Waals surface area contributed by atoms with Gasteiger partial charge in [0.2, 0.25) is 0 Å². The van der Waals surface area contributed by atoms with Crippen molar-refractivity contribution >= 4 is 34.9 Å². The Morgan fingerprint density at radius 2 is 1.77 bits per heavy atom. The average Bonchev–Trinajstić information content (AvgIpc) is 2.97. The number of nitrogens with zero attached hydrogens (tertiary/aromatic N) is 2. The second kappa shape index (κ2) is 6.83. The van der Waals surface area contributed by atoms with Crippen LogP contribution in [0.1, 0.15) is 15.9 Å². The van der Waals surface area contributed by atoms with Crippen LogP contribution in [-0.4, -0.2) is 33.5 Å². The highest BCUT2D eigenvalue weighted by atomic mass is 32.2. The quantitative estimate of drug-likeness (QED) is 0.553. The monoisotopic (exact) mass is 379 g/mol. The number of nitrogens with one attached hydrogen (secondary N) is 1. The maximum atomic E-state index is 12.5. The fourth-order valence-corrected chi connectivity index (χ4v) is 3.00. The number of anilines is 1. The first-order chi connectivity index (χ1) is 12.3. The number of hydrogen-bond donors (Lipinski definition) is 1. The van der Waals surface area contributed by atoms with Gasteiger partial charge < -0.3 is 5.32 Å². The van der Waals surface area contributed by atoms with E-state index in [2.05, 4.69) is 4.98 Å². The van der Waals surface area contributed by atoms with Crippen molar-refractivity contribution in [1.82, 2.24) is 9.38 Å². The third-order valence-corrected chi connectivity index (χ3v) is 4.33. The zero-order chi connectivity index (χ0) is 18.9. The number of amides is 1. The predicted molar refractivity (Wildman–Crippen MR) is 91.5 cm³/mol. The molecule has 0 radical (unpaired) electrons. The molecule has 134 valence electrons. The van der Waals surface area contributed by atoms with Crippen molar-refractivity contribution in [2.45, 2.75) is 11.2 Å². The van der Waals surface area contributed by atoms with Crippen LogP contribution in [0.4, 0.5) is 19.0 Å². The van der Waals surface area contributed by atoms with E-state index < -0.39 is 12.1 Å². The molecular formula is C17H12F3N3O2S. The number of imidazole rings is 1. The van der Waals surface area contributed by atoms with Crippen LogP contribution in [-0.2, 0) is 4.79 Å².